The highest BCUT2D eigenvalue weighted by Gasteiger charge is 2.19. The van der Waals surface area contributed by atoms with Gasteiger partial charge in [-0.25, -0.2) is 19.6 Å². The third-order valence-electron chi connectivity index (χ3n) is 5.17. The topological polar surface area (TPSA) is 125 Å². The van der Waals surface area contributed by atoms with Gasteiger partial charge in [0.1, 0.15) is 17.2 Å². The molecule has 0 radical (unpaired) electrons. The molecule has 0 aliphatic rings. The third kappa shape index (κ3) is 4.82. The quantitative estimate of drug-likeness (QED) is 0.418. The number of nitrogens with one attached hydrogen (secondary N) is 1. The Balaban J connectivity index is 1.64. The number of carboxylic acids is 1. The fourth-order valence-electron chi connectivity index (χ4n) is 3.68. The van der Waals surface area contributed by atoms with E-state index in [9.17, 15) is 14.7 Å². The second-order valence-corrected chi connectivity index (χ2v) is 7.57. The number of hydrogen-bond acceptors (Lipinski definition) is 7. The van der Waals surface area contributed by atoms with Gasteiger partial charge >= 0.3 is 11.7 Å². The molecule has 2 N–H and O–H groups in total. The van der Waals surface area contributed by atoms with E-state index in [2.05, 4.69) is 24.6 Å². The molecule has 9 nitrogen and oxygen atoms in total. The van der Waals surface area contributed by atoms with Crippen LogP contribution in [0.3, 0.4) is 0 Å². The Hall–Kier alpha value is -4.27. The molecule has 0 amide bonds. The zero-order valence-electron chi connectivity index (χ0n) is 18.3. The van der Waals surface area contributed by atoms with Crippen LogP contribution in [0.5, 0.6) is 0 Å². The van der Waals surface area contributed by atoms with E-state index in [4.69, 9.17) is 0 Å². The van der Waals surface area contributed by atoms with E-state index in [1.807, 2.05) is 60.4 Å². The lowest BCUT2D eigenvalue weighted by Gasteiger charge is -2.25. The van der Waals surface area contributed by atoms with Crippen molar-refractivity contribution in [2.24, 2.45) is 0 Å². The Morgan fingerprint density at radius 2 is 1.85 bits per heavy atom. The number of aryl methyl sites for hydroxylation is 1. The molecule has 0 fully saturated rings. The van der Waals surface area contributed by atoms with Gasteiger partial charge in [-0.3, -0.25) is 9.51 Å². The number of hydrogen-bond donors (Lipinski definition) is 2. The van der Waals surface area contributed by atoms with E-state index >= 15 is 0 Å². The molecule has 168 valence electrons. The van der Waals surface area contributed by atoms with Crippen LogP contribution in [0.25, 0.3) is 22.5 Å². The van der Waals surface area contributed by atoms with Crippen molar-refractivity contribution in [3.05, 3.63) is 82.2 Å². The van der Waals surface area contributed by atoms with Crippen molar-refractivity contribution in [1.29, 1.82) is 0 Å². The molecule has 4 rings (SSSR count). The molecular weight excluding hydrogens is 422 g/mol. The molecule has 0 unspecified atom stereocenters. The number of carboxylic acid groups (broad SMARTS) is 1. The number of carbonyl (C=O) groups is 1. The summed E-state index contributed by atoms with van der Waals surface area (Å²) in [5.74, 6) is -0.347. The Kier molecular flexibility index (Phi) is 6.30. The van der Waals surface area contributed by atoms with Crippen molar-refractivity contribution in [1.82, 2.24) is 20.1 Å². The number of H-pyrrole nitrogens is 1. The Bertz CT molecular complexity index is 1330. The highest BCUT2D eigenvalue weighted by molar-refractivity contribution is 5.93. The molecule has 0 bridgehead atoms. The number of aromatic carboxylic acids is 1. The van der Waals surface area contributed by atoms with Crippen molar-refractivity contribution in [2.45, 2.75) is 26.8 Å². The van der Waals surface area contributed by atoms with E-state index in [0.717, 1.165) is 28.7 Å². The van der Waals surface area contributed by atoms with E-state index in [-0.39, 0.29) is 5.56 Å². The average molecular weight is 445 g/mol. The molecule has 9 heteroatoms. The van der Waals surface area contributed by atoms with E-state index in [1.165, 1.54) is 6.20 Å². The number of benzene rings is 2. The normalized spacial score (nSPS) is 10.8. The summed E-state index contributed by atoms with van der Waals surface area (Å²) in [5.41, 5.74) is 3.70. The molecular formula is C24H23N5O4. The largest absolute Gasteiger partial charge is 0.477 e. The molecule has 0 spiro atoms. The van der Waals surface area contributed by atoms with Gasteiger partial charge in [0.15, 0.2) is 5.82 Å². The summed E-state index contributed by atoms with van der Waals surface area (Å²) in [5, 5.41) is 13.4. The molecule has 2 aromatic carbocycles. The molecule has 2 aromatic heterocycles. The fraction of sp³-hybridized carbons (Fsp3) is 0.208. The van der Waals surface area contributed by atoms with E-state index in [0.29, 0.717) is 30.6 Å². The summed E-state index contributed by atoms with van der Waals surface area (Å²) < 4.78 is 4.65. The van der Waals surface area contributed by atoms with Gasteiger partial charge in [-0.2, -0.15) is 0 Å². The monoisotopic (exact) mass is 445 g/mol. The second-order valence-electron chi connectivity index (χ2n) is 7.57. The zero-order valence-corrected chi connectivity index (χ0v) is 18.3. The molecule has 33 heavy (non-hydrogen) atoms. The molecule has 0 atom stereocenters. The van der Waals surface area contributed by atoms with E-state index < -0.39 is 11.7 Å². The predicted octanol–water partition coefficient (Wildman–Crippen LogP) is 3.91. The molecule has 0 aliphatic heterocycles. The Labute approximate surface area is 189 Å². The van der Waals surface area contributed by atoms with Gasteiger partial charge in [-0.1, -0.05) is 60.6 Å². The van der Waals surface area contributed by atoms with Gasteiger partial charge in [0.25, 0.3) is 0 Å². The van der Waals surface area contributed by atoms with Crippen LogP contribution in [-0.2, 0) is 6.54 Å². The smallest absolute Gasteiger partial charge is 0.439 e. The fourth-order valence-corrected chi connectivity index (χ4v) is 3.68. The number of anilines is 1. The SMILES string of the molecule is CCCN(Cc1ccc(-c2ccccc2-c2noc(=O)[nH]2)cc1)c1nc(C)ncc1C(=O)O. The predicted molar refractivity (Wildman–Crippen MR) is 123 cm³/mol. The molecule has 2 heterocycles. The lowest BCUT2D eigenvalue weighted by atomic mass is 9.98. The first-order valence-corrected chi connectivity index (χ1v) is 10.5. The lowest BCUT2D eigenvalue weighted by Crippen LogP contribution is -2.27. The van der Waals surface area contributed by atoms with Gasteiger partial charge in [-0.15, -0.1) is 0 Å². The summed E-state index contributed by atoms with van der Waals surface area (Å²) >= 11 is 0. The third-order valence-corrected chi connectivity index (χ3v) is 5.17. The van der Waals surface area contributed by atoms with Crippen molar-refractivity contribution in [2.75, 3.05) is 11.4 Å². The van der Waals surface area contributed by atoms with Gasteiger partial charge in [0, 0.05) is 24.8 Å². The van der Waals surface area contributed by atoms with Crippen LogP contribution in [0, 0.1) is 6.92 Å². The minimum absolute atomic E-state index is 0.0844. The van der Waals surface area contributed by atoms with Crippen molar-refractivity contribution < 1.29 is 14.4 Å². The second kappa shape index (κ2) is 9.47. The van der Waals surface area contributed by atoms with Crippen LogP contribution in [0.4, 0.5) is 5.82 Å². The zero-order chi connectivity index (χ0) is 23.4. The van der Waals surface area contributed by atoms with Crippen molar-refractivity contribution >= 4 is 11.8 Å². The number of aromatic nitrogens is 4. The molecule has 0 aliphatic carbocycles. The molecule has 0 saturated carbocycles. The maximum Gasteiger partial charge on any atom is 0.439 e. The highest BCUT2D eigenvalue weighted by atomic mass is 16.5. The van der Waals surface area contributed by atoms with Crippen LogP contribution in [0.1, 0.15) is 35.1 Å². The number of aromatic amines is 1. The number of nitrogens with zero attached hydrogens (tertiary/aromatic N) is 4. The van der Waals surface area contributed by atoms with Crippen LogP contribution in [-0.4, -0.2) is 37.7 Å². The molecule has 4 aromatic rings. The van der Waals surface area contributed by atoms with Crippen molar-refractivity contribution in [3.63, 3.8) is 0 Å². The maximum atomic E-state index is 11.7. The van der Waals surface area contributed by atoms with Crippen molar-refractivity contribution in [3.8, 4) is 22.5 Å². The van der Waals surface area contributed by atoms with Crippen LogP contribution in [0.2, 0.25) is 0 Å². The average Bonchev–Trinajstić information content (AvgIpc) is 3.25. The summed E-state index contributed by atoms with van der Waals surface area (Å²) in [6.45, 7) is 4.94. The van der Waals surface area contributed by atoms with Crippen LogP contribution >= 0.6 is 0 Å². The molecule has 0 saturated heterocycles. The van der Waals surface area contributed by atoms with Gasteiger partial charge in [0.2, 0.25) is 0 Å². The summed E-state index contributed by atoms with van der Waals surface area (Å²) in [6, 6.07) is 15.6. The Morgan fingerprint density at radius 1 is 1.12 bits per heavy atom. The summed E-state index contributed by atoms with van der Waals surface area (Å²) in [4.78, 5) is 36.1. The van der Waals surface area contributed by atoms with Gasteiger partial charge in [0.05, 0.1) is 0 Å². The lowest BCUT2D eigenvalue weighted by molar-refractivity contribution is 0.0696. The summed E-state index contributed by atoms with van der Waals surface area (Å²) in [6.07, 6.45) is 2.19. The Morgan fingerprint density at radius 3 is 2.48 bits per heavy atom. The maximum absolute atomic E-state index is 11.7. The minimum Gasteiger partial charge on any atom is -0.477 e. The first-order valence-electron chi connectivity index (χ1n) is 10.5. The van der Waals surface area contributed by atoms with Gasteiger partial charge in [-0.05, 0) is 30.0 Å². The van der Waals surface area contributed by atoms with Gasteiger partial charge < -0.3 is 10.0 Å². The first-order chi connectivity index (χ1) is 16.0. The van der Waals surface area contributed by atoms with Crippen LogP contribution in [0.15, 0.2) is 64.0 Å². The number of rotatable bonds is 8. The van der Waals surface area contributed by atoms with Crippen LogP contribution < -0.4 is 10.7 Å². The minimum atomic E-state index is -1.05. The standard InChI is InChI=1S/C24H23N5O4/c1-3-12-29(22-20(23(30)31)13-25-15(2)26-22)14-16-8-10-17(11-9-16)18-6-4-5-7-19(18)21-27-24(32)33-28-21/h4-11,13H,3,12,14H2,1-2H3,(H,30,31)(H,27,28,32). The van der Waals surface area contributed by atoms with E-state index in [1.54, 1.807) is 6.92 Å². The summed E-state index contributed by atoms with van der Waals surface area (Å²) in [7, 11) is 0. The highest BCUT2D eigenvalue weighted by Crippen LogP contribution is 2.30. The first kappa shape index (κ1) is 21.9.